The number of nitrogens with zero attached hydrogens (tertiary/aromatic N) is 1. The zero-order valence-corrected chi connectivity index (χ0v) is 15.7. The molecule has 4 aliphatic carbocycles. The zero-order valence-electron chi connectivity index (χ0n) is 14.9. The first kappa shape index (κ1) is 16.7. The van der Waals surface area contributed by atoms with Crippen LogP contribution in [0.25, 0.3) is 0 Å². The average Bonchev–Trinajstić information content (AvgIpc) is 3.06. The Hall–Kier alpha value is -1.49. The summed E-state index contributed by atoms with van der Waals surface area (Å²) in [6.07, 6.45) is 7.95. The Morgan fingerprint density at radius 1 is 1.12 bits per heavy atom. The second kappa shape index (κ2) is 6.59. The Morgan fingerprint density at radius 2 is 1.77 bits per heavy atom. The minimum absolute atomic E-state index is 0.0830. The smallest absolute Gasteiger partial charge is 0.338 e. The number of esters is 1. The maximum absolute atomic E-state index is 12.1. The van der Waals surface area contributed by atoms with E-state index in [1.54, 1.807) is 23.9 Å². The quantitative estimate of drug-likeness (QED) is 0.741. The fraction of sp³-hybridized carbons (Fsp3) is 0.619. The molecule has 0 N–H and O–H groups in total. The van der Waals surface area contributed by atoms with Gasteiger partial charge in [-0.2, -0.15) is 0 Å². The van der Waals surface area contributed by atoms with Gasteiger partial charge in [-0.15, -0.1) is 0 Å². The third-order valence-corrected chi connectivity index (χ3v) is 7.38. The molecule has 1 heterocycles. The molecule has 0 radical (unpaired) electrons. The molecule has 138 valence electrons. The van der Waals surface area contributed by atoms with Gasteiger partial charge in [-0.1, -0.05) is 30.0 Å². The molecular weight excluding hydrogens is 346 g/mol. The Kier molecular flexibility index (Phi) is 4.23. The number of benzene rings is 1. The first-order valence-corrected chi connectivity index (χ1v) is 10.8. The van der Waals surface area contributed by atoms with E-state index in [-0.39, 0.29) is 17.6 Å². The molecule has 0 amide bonds. The summed E-state index contributed by atoms with van der Waals surface area (Å²) >= 11 is 1.68. The van der Waals surface area contributed by atoms with Crippen molar-refractivity contribution in [2.45, 2.75) is 50.2 Å². The van der Waals surface area contributed by atoms with E-state index in [2.05, 4.69) is 0 Å². The van der Waals surface area contributed by atoms with E-state index in [9.17, 15) is 4.79 Å². The number of hydrogen-bond acceptors (Lipinski definition) is 5. The molecule has 6 rings (SSSR count). The van der Waals surface area contributed by atoms with Gasteiger partial charge in [0.15, 0.2) is 0 Å². The lowest BCUT2D eigenvalue weighted by atomic mass is 9.53. The number of aliphatic imine (C=N–C) groups is 1. The van der Waals surface area contributed by atoms with Gasteiger partial charge < -0.3 is 9.47 Å². The monoisotopic (exact) mass is 371 g/mol. The van der Waals surface area contributed by atoms with Gasteiger partial charge in [0.2, 0.25) is 5.23 Å². The fourth-order valence-corrected chi connectivity index (χ4v) is 6.69. The summed E-state index contributed by atoms with van der Waals surface area (Å²) < 4.78 is 11.4. The van der Waals surface area contributed by atoms with E-state index in [1.165, 1.54) is 38.5 Å². The van der Waals surface area contributed by atoms with Crippen LogP contribution in [0.1, 0.15) is 48.9 Å². The highest BCUT2D eigenvalue weighted by molar-refractivity contribution is 8.13. The van der Waals surface area contributed by atoms with Crippen molar-refractivity contribution in [3.8, 4) is 0 Å². The highest BCUT2D eigenvalue weighted by Gasteiger charge is 2.51. The number of hydrogen-bond donors (Lipinski definition) is 0. The molecule has 4 nitrogen and oxygen atoms in total. The van der Waals surface area contributed by atoms with Gasteiger partial charge in [-0.05, 0) is 68.4 Å². The molecule has 0 spiro atoms. The van der Waals surface area contributed by atoms with Gasteiger partial charge in [0.25, 0.3) is 0 Å². The molecule has 1 aliphatic heterocycles. The van der Waals surface area contributed by atoms with Crippen LogP contribution in [0.15, 0.2) is 35.3 Å². The van der Waals surface area contributed by atoms with Gasteiger partial charge in [0.1, 0.15) is 12.7 Å². The molecule has 1 atom stereocenters. The van der Waals surface area contributed by atoms with E-state index in [4.69, 9.17) is 14.5 Å². The van der Waals surface area contributed by atoms with Gasteiger partial charge in [-0.3, -0.25) is 0 Å². The maximum atomic E-state index is 12.1. The first-order chi connectivity index (χ1) is 12.7. The zero-order chi connectivity index (χ0) is 17.6. The Morgan fingerprint density at radius 3 is 2.42 bits per heavy atom. The fourth-order valence-electron chi connectivity index (χ4n) is 5.74. The Labute approximate surface area is 158 Å². The van der Waals surface area contributed by atoms with Gasteiger partial charge in [-0.25, -0.2) is 9.79 Å². The molecule has 5 aliphatic rings. The van der Waals surface area contributed by atoms with Crippen LogP contribution >= 0.6 is 11.8 Å². The standard InChI is InChI=1S/C21H25NO3S/c23-19(17-4-2-1-3-5-17)24-12-18-13-26-20(25-18)22-21-9-14-6-15(10-21)8-16(7-14)11-21/h1-5,14-16,18H,6-13H2. The number of ether oxygens (including phenoxy) is 2. The van der Waals surface area contributed by atoms with Gasteiger partial charge >= 0.3 is 5.97 Å². The predicted molar refractivity (Wildman–Crippen MR) is 102 cm³/mol. The third-order valence-electron chi connectivity index (χ3n) is 6.40. The number of rotatable bonds is 4. The summed E-state index contributed by atoms with van der Waals surface area (Å²) in [5.41, 5.74) is 0.729. The van der Waals surface area contributed by atoms with Crippen molar-refractivity contribution >= 4 is 23.0 Å². The van der Waals surface area contributed by atoms with E-state index in [1.807, 2.05) is 18.2 Å². The van der Waals surface area contributed by atoms with E-state index in [0.717, 1.165) is 28.7 Å². The Bertz CT molecular complexity index is 682. The molecule has 1 saturated heterocycles. The second-order valence-corrected chi connectivity index (χ2v) is 9.51. The molecule has 5 heteroatoms. The lowest BCUT2D eigenvalue weighted by molar-refractivity contribution is -0.0000971. The van der Waals surface area contributed by atoms with Crippen molar-refractivity contribution in [2.75, 3.05) is 12.4 Å². The summed E-state index contributed by atoms with van der Waals surface area (Å²) in [4.78, 5) is 17.2. The van der Waals surface area contributed by atoms with Crippen LogP contribution in [0.3, 0.4) is 0 Å². The molecule has 1 aromatic rings. The van der Waals surface area contributed by atoms with E-state index < -0.39 is 0 Å². The lowest BCUT2D eigenvalue weighted by Crippen LogP contribution is -2.49. The van der Waals surface area contributed by atoms with Crippen molar-refractivity contribution in [3.63, 3.8) is 0 Å². The summed E-state index contributed by atoms with van der Waals surface area (Å²) in [5.74, 6) is 3.19. The molecule has 1 aromatic carbocycles. The summed E-state index contributed by atoms with van der Waals surface area (Å²) in [6.45, 7) is 0.292. The topological polar surface area (TPSA) is 47.9 Å². The van der Waals surface area contributed by atoms with Crippen molar-refractivity contribution in [1.82, 2.24) is 0 Å². The number of carbonyl (C=O) groups excluding carboxylic acids is 1. The van der Waals surface area contributed by atoms with Crippen LogP contribution in [0.2, 0.25) is 0 Å². The van der Waals surface area contributed by atoms with Crippen molar-refractivity contribution < 1.29 is 14.3 Å². The third kappa shape index (κ3) is 3.26. The summed E-state index contributed by atoms with van der Waals surface area (Å²) in [5, 5.41) is 0.827. The SMILES string of the molecule is O=C(OCC1CSC(=NC23CC4CC(CC(C4)C2)C3)O1)c1ccccc1. The molecular formula is C21H25NO3S. The lowest BCUT2D eigenvalue weighted by Gasteiger charge is -2.54. The van der Waals surface area contributed by atoms with Crippen LogP contribution in [0.5, 0.6) is 0 Å². The summed E-state index contributed by atoms with van der Waals surface area (Å²) in [7, 11) is 0. The van der Waals surface area contributed by atoms with Crippen LogP contribution in [0, 0.1) is 17.8 Å². The Balaban J connectivity index is 1.19. The molecule has 4 bridgehead atoms. The maximum Gasteiger partial charge on any atom is 0.338 e. The van der Waals surface area contributed by atoms with Gasteiger partial charge in [0, 0.05) is 5.75 Å². The van der Waals surface area contributed by atoms with E-state index >= 15 is 0 Å². The molecule has 5 fully saturated rings. The van der Waals surface area contributed by atoms with Crippen LogP contribution < -0.4 is 0 Å². The minimum atomic E-state index is -0.286. The highest BCUT2D eigenvalue weighted by atomic mass is 32.2. The van der Waals surface area contributed by atoms with Crippen LogP contribution in [0.4, 0.5) is 0 Å². The highest BCUT2D eigenvalue weighted by Crippen LogP contribution is 2.57. The summed E-state index contributed by atoms with van der Waals surface area (Å²) in [6, 6.07) is 9.11. The van der Waals surface area contributed by atoms with Crippen molar-refractivity contribution in [3.05, 3.63) is 35.9 Å². The molecule has 4 saturated carbocycles. The molecule has 1 unspecified atom stereocenters. The van der Waals surface area contributed by atoms with Gasteiger partial charge in [0.05, 0.1) is 11.1 Å². The number of thioether (sulfide) groups is 1. The van der Waals surface area contributed by atoms with Crippen molar-refractivity contribution in [1.29, 1.82) is 0 Å². The molecule has 26 heavy (non-hydrogen) atoms. The van der Waals surface area contributed by atoms with Crippen LogP contribution in [-0.4, -0.2) is 35.2 Å². The second-order valence-electron chi connectivity index (χ2n) is 8.53. The largest absolute Gasteiger partial charge is 0.465 e. The minimum Gasteiger partial charge on any atom is -0.465 e. The predicted octanol–water partition coefficient (Wildman–Crippen LogP) is 4.30. The molecule has 0 aromatic heterocycles. The first-order valence-electron chi connectivity index (χ1n) is 9.79. The number of carbonyl (C=O) groups is 1. The average molecular weight is 372 g/mol. The van der Waals surface area contributed by atoms with Crippen LogP contribution in [-0.2, 0) is 9.47 Å². The van der Waals surface area contributed by atoms with E-state index in [0.29, 0.717) is 12.2 Å². The normalized spacial score (nSPS) is 39.2. The van der Waals surface area contributed by atoms with Crippen molar-refractivity contribution in [2.24, 2.45) is 22.7 Å².